The predicted octanol–water partition coefficient (Wildman–Crippen LogP) is 3.35. The summed E-state index contributed by atoms with van der Waals surface area (Å²) >= 11 is 4.64. The van der Waals surface area contributed by atoms with E-state index in [0.29, 0.717) is 16.5 Å². The third-order valence-corrected chi connectivity index (χ3v) is 5.82. The molecule has 0 saturated carbocycles. The Morgan fingerprint density at radius 3 is 2.70 bits per heavy atom. The third kappa shape index (κ3) is 3.86. The second kappa shape index (κ2) is 6.52. The summed E-state index contributed by atoms with van der Waals surface area (Å²) in [6, 6.07) is 9.21. The highest BCUT2D eigenvalue weighted by Crippen LogP contribution is 2.26. The van der Waals surface area contributed by atoms with Crippen LogP contribution < -0.4 is 4.72 Å². The zero-order chi connectivity index (χ0) is 16.4. The van der Waals surface area contributed by atoms with E-state index in [0.717, 1.165) is 10.0 Å². The topological polar surface area (TPSA) is 85.1 Å². The Bertz CT molecular complexity index is 917. The average Bonchev–Trinajstić information content (AvgIpc) is 3.15. The Morgan fingerprint density at radius 2 is 2.04 bits per heavy atom. The van der Waals surface area contributed by atoms with Gasteiger partial charge in [0, 0.05) is 21.5 Å². The smallest absolute Gasteiger partial charge is 0.259 e. The lowest BCUT2D eigenvalue weighted by Crippen LogP contribution is -2.23. The van der Waals surface area contributed by atoms with Gasteiger partial charge in [-0.05, 0) is 19.1 Å². The van der Waals surface area contributed by atoms with Gasteiger partial charge in [-0.3, -0.25) is 0 Å². The maximum absolute atomic E-state index is 12.3. The van der Waals surface area contributed by atoms with Gasteiger partial charge in [-0.25, -0.2) is 18.1 Å². The monoisotopic (exact) mass is 413 g/mol. The maximum Gasteiger partial charge on any atom is 0.259 e. The van der Waals surface area contributed by atoms with Gasteiger partial charge >= 0.3 is 0 Å². The summed E-state index contributed by atoms with van der Waals surface area (Å²) in [7, 11) is -3.69. The average molecular weight is 414 g/mol. The summed E-state index contributed by atoms with van der Waals surface area (Å²) in [4.78, 5) is 4.21. The highest BCUT2D eigenvalue weighted by Gasteiger charge is 2.19. The van der Waals surface area contributed by atoms with Gasteiger partial charge in [0.25, 0.3) is 10.0 Å². The van der Waals surface area contributed by atoms with E-state index >= 15 is 0 Å². The molecule has 0 amide bonds. The molecule has 2 heterocycles. The molecule has 0 spiro atoms. The molecule has 0 bridgehead atoms. The van der Waals surface area contributed by atoms with Gasteiger partial charge in [-0.2, -0.15) is 0 Å². The van der Waals surface area contributed by atoms with E-state index in [1.165, 1.54) is 16.7 Å². The number of hydrogen-bond donors (Lipinski definition) is 1. The molecular weight excluding hydrogens is 402 g/mol. The van der Waals surface area contributed by atoms with Crippen LogP contribution in [0, 0.1) is 6.92 Å². The molecule has 9 heteroatoms. The molecule has 3 rings (SSSR count). The number of aromatic nitrogens is 2. The summed E-state index contributed by atoms with van der Waals surface area (Å²) in [5, 5.41) is 5.92. The molecule has 0 saturated heterocycles. The molecule has 120 valence electrons. The van der Waals surface area contributed by atoms with Crippen LogP contribution in [-0.2, 0) is 16.6 Å². The Labute approximate surface area is 145 Å². The largest absolute Gasteiger partial charge is 0.361 e. The lowest BCUT2D eigenvalue weighted by molar-refractivity contribution is 0.390. The molecule has 6 nitrogen and oxygen atoms in total. The van der Waals surface area contributed by atoms with Crippen molar-refractivity contribution in [1.29, 1.82) is 0 Å². The van der Waals surface area contributed by atoms with Crippen LogP contribution in [0.3, 0.4) is 0 Å². The van der Waals surface area contributed by atoms with Gasteiger partial charge in [0.15, 0.2) is 5.03 Å². The van der Waals surface area contributed by atoms with Gasteiger partial charge in [0.05, 0.1) is 12.2 Å². The van der Waals surface area contributed by atoms with Crippen molar-refractivity contribution in [2.24, 2.45) is 0 Å². The number of rotatable bonds is 5. The summed E-state index contributed by atoms with van der Waals surface area (Å²) in [6.45, 7) is 1.81. The van der Waals surface area contributed by atoms with E-state index in [-0.39, 0.29) is 11.6 Å². The second-order valence-corrected chi connectivity index (χ2v) is 8.24. The van der Waals surface area contributed by atoms with E-state index in [1.807, 2.05) is 24.3 Å². The lowest BCUT2D eigenvalue weighted by atomic mass is 10.2. The van der Waals surface area contributed by atoms with E-state index in [9.17, 15) is 8.42 Å². The minimum atomic E-state index is -3.69. The standard InChI is InChI=1S/C14H12BrN3O3S2/c1-9-6-12(18-21-9)7-16-23(19,20)13-8-22-14(17-13)10-2-4-11(15)5-3-10/h2-6,8,16H,7H2,1H3. The lowest BCUT2D eigenvalue weighted by Gasteiger charge is -2.01. The number of sulfonamides is 1. The van der Waals surface area contributed by atoms with Gasteiger partial charge in [0.2, 0.25) is 0 Å². The first-order chi connectivity index (χ1) is 10.9. The normalized spacial score (nSPS) is 11.7. The van der Waals surface area contributed by atoms with Crippen molar-refractivity contribution >= 4 is 37.3 Å². The first-order valence-electron chi connectivity index (χ1n) is 6.57. The van der Waals surface area contributed by atoms with Crippen LogP contribution in [0.25, 0.3) is 10.6 Å². The maximum atomic E-state index is 12.3. The molecule has 2 aromatic heterocycles. The van der Waals surface area contributed by atoms with Crippen LogP contribution in [0.1, 0.15) is 11.5 Å². The van der Waals surface area contributed by atoms with Crippen molar-refractivity contribution < 1.29 is 12.9 Å². The van der Waals surface area contributed by atoms with Crippen molar-refractivity contribution in [3.05, 3.63) is 51.6 Å². The Morgan fingerprint density at radius 1 is 1.30 bits per heavy atom. The minimum Gasteiger partial charge on any atom is -0.361 e. The first kappa shape index (κ1) is 16.3. The van der Waals surface area contributed by atoms with Gasteiger partial charge in [-0.15, -0.1) is 11.3 Å². The highest BCUT2D eigenvalue weighted by molar-refractivity contribution is 9.10. The molecule has 0 aliphatic rings. The predicted molar refractivity (Wildman–Crippen MR) is 90.5 cm³/mol. The molecule has 0 unspecified atom stereocenters. The summed E-state index contributed by atoms with van der Waals surface area (Å²) in [5.74, 6) is 0.630. The third-order valence-electron chi connectivity index (χ3n) is 2.97. The number of nitrogens with zero attached hydrogens (tertiary/aromatic N) is 2. The van der Waals surface area contributed by atoms with E-state index in [2.05, 4.69) is 30.8 Å². The molecule has 0 aliphatic heterocycles. The number of hydrogen-bond acceptors (Lipinski definition) is 6. The number of halogens is 1. The van der Waals surface area contributed by atoms with Crippen LogP contribution in [0.15, 0.2) is 49.7 Å². The van der Waals surface area contributed by atoms with Crippen LogP contribution in [0.2, 0.25) is 0 Å². The van der Waals surface area contributed by atoms with Gasteiger partial charge < -0.3 is 4.52 Å². The van der Waals surface area contributed by atoms with Crippen molar-refractivity contribution in [2.75, 3.05) is 0 Å². The van der Waals surface area contributed by atoms with Crippen LogP contribution in [0.4, 0.5) is 0 Å². The first-order valence-corrected chi connectivity index (χ1v) is 9.73. The van der Waals surface area contributed by atoms with Crippen LogP contribution >= 0.6 is 27.3 Å². The Kier molecular flexibility index (Phi) is 4.62. The fourth-order valence-electron chi connectivity index (χ4n) is 1.85. The molecule has 0 radical (unpaired) electrons. The second-order valence-electron chi connectivity index (χ2n) is 4.75. The van der Waals surface area contributed by atoms with Crippen molar-refractivity contribution in [3.8, 4) is 10.6 Å². The SMILES string of the molecule is Cc1cc(CNS(=O)(=O)c2csc(-c3ccc(Br)cc3)n2)no1. The fraction of sp³-hybridized carbons (Fsp3) is 0.143. The molecule has 0 fully saturated rings. The number of aryl methyl sites for hydroxylation is 1. The number of nitrogens with one attached hydrogen (secondary N) is 1. The fourth-order valence-corrected chi connectivity index (χ4v) is 4.21. The van der Waals surface area contributed by atoms with Crippen molar-refractivity contribution in [2.45, 2.75) is 18.5 Å². The highest BCUT2D eigenvalue weighted by atomic mass is 79.9. The van der Waals surface area contributed by atoms with Gasteiger partial charge in [-0.1, -0.05) is 33.2 Å². The Hall–Kier alpha value is -1.55. The minimum absolute atomic E-state index is 0.000589. The molecule has 0 atom stereocenters. The summed E-state index contributed by atoms with van der Waals surface area (Å²) < 4.78 is 32.9. The summed E-state index contributed by atoms with van der Waals surface area (Å²) in [5.41, 5.74) is 1.39. The molecule has 0 aliphatic carbocycles. The number of benzene rings is 1. The van der Waals surface area contributed by atoms with E-state index in [1.54, 1.807) is 13.0 Å². The van der Waals surface area contributed by atoms with Gasteiger partial charge in [0.1, 0.15) is 10.8 Å². The van der Waals surface area contributed by atoms with Crippen molar-refractivity contribution in [3.63, 3.8) is 0 Å². The summed E-state index contributed by atoms with van der Waals surface area (Å²) in [6.07, 6.45) is 0. The zero-order valence-corrected chi connectivity index (χ0v) is 15.2. The Balaban J connectivity index is 1.76. The number of thiazole rings is 1. The van der Waals surface area contributed by atoms with E-state index in [4.69, 9.17) is 4.52 Å². The molecule has 23 heavy (non-hydrogen) atoms. The van der Waals surface area contributed by atoms with Crippen LogP contribution in [-0.4, -0.2) is 18.6 Å². The zero-order valence-electron chi connectivity index (χ0n) is 12.0. The quantitative estimate of drug-likeness (QED) is 0.692. The molecule has 1 aromatic carbocycles. The molecule has 3 aromatic rings. The molecule has 1 N–H and O–H groups in total. The van der Waals surface area contributed by atoms with Crippen molar-refractivity contribution in [1.82, 2.24) is 14.9 Å². The molecular formula is C14H12BrN3O3S2. The van der Waals surface area contributed by atoms with E-state index < -0.39 is 10.0 Å². The van der Waals surface area contributed by atoms with Crippen LogP contribution in [0.5, 0.6) is 0 Å².